The Morgan fingerprint density at radius 1 is 1.00 bits per heavy atom. The first kappa shape index (κ1) is 25.8. The standard InChI is InChI=1S/C20H45NO3Si2/c1-11-14-23-25(9,10)15-12-13-21(8)16-20(22)24-26(17(2)3,18(4)5)19(6)7/h17-19H,11-16H2,1-10H3. The predicted octanol–water partition coefficient (Wildman–Crippen LogP) is 5.66. The maximum atomic E-state index is 12.6. The molecule has 0 fully saturated rings. The van der Waals surface area contributed by atoms with E-state index >= 15 is 0 Å². The summed E-state index contributed by atoms with van der Waals surface area (Å²) >= 11 is 0. The summed E-state index contributed by atoms with van der Waals surface area (Å²) < 4.78 is 12.3. The predicted molar refractivity (Wildman–Crippen MR) is 118 cm³/mol. The van der Waals surface area contributed by atoms with Crippen LogP contribution in [0.1, 0.15) is 61.3 Å². The summed E-state index contributed by atoms with van der Waals surface area (Å²) in [6, 6.07) is 1.13. The summed E-state index contributed by atoms with van der Waals surface area (Å²) in [6.45, 7) is 22.2. The lowest BCUT2D eigenvalue weighted by molar-refractivity contribution is -0.136. The molecule has 0 aromatic heterocycles. The Labute approximate surface area is 165 Å². The molecule has 0 N–H and O–H groups in total. The van der Waals surface area contributed by atoms with Crippen molar-refractivity contribution in [1.82, 2.24) is 4.90 Å². The van der Waals surface area contributed by atoms with E-state index in [0.29, 0.717) is 23.2 Å². The second-order valence-corrected chi connectivity index (χ2v) is 18.9. The van der Waals surface area contributed by atoms with Crippen molar-refractivity contribution >= 4 is 22.6 Å². The highest BCUT2D eigenvalue weighted by Crippen LogP contribution is 2.42. The second kappa shape index (κ2) is 11.6. The molecule has 0 saturated heterocycles. The van der Waals surface area contributed by atoms with Crippen LogP contribution in [0.2, 0.25) is 35.8 Å². The fourth-order valence-electron chi connectivity index (χ4n) is 4.11. The van der Waals surface area contributed by atoms with Crippen LogP contribution in [0.5, 0.6) is 0 Å². The SMILES string of the molecule is CCCO[Si](C)(C)CCCN(C)CC(=O)O[Si](C(C)C)(C(C)C)C(C)C. The molecule has 0 amide bonds. The first-order valence-corrected chi connectivity index (χ1v) is 15.7. The van der Waals surface area contributed by atoms with Crippen LogP contribution in [0.4, 0.5) is 0 Å². The summed E-state index contributed by atoms with van der Waals surface area (Å²) in [4.78, 5) is 14.7. The molecule has 0 radical (unpaired) electrons. The third-order valence-electron chi connectivity index (χ3n) is 5.41. The van der Waals surface area contributed by atoms with Crippen molar-refractivity contribution in [3.8, 4) is 0 Å². The van der Waals surface area contributed by atoms with E-state index in [9.17, 15) is 4.79 Å². The van der Waals surface area contributed by atoms with Crippen molar-refractivity contribution in [2.75, 3.05) is 26.7 Å². The Balaban J connectivity index is 4.57. The van der Waals surface area contributed by atoms with Crippen LogP contribution in [0.15, 0.2) is 0 Å². The number of hydrogen-bond acceptors (Lipinski definition) is 4. The van der Waals surface area contributed by atoms with Gasteiger partial charge in [-0.1, -0.05) is 48.5 Å². The van der Waals surface area contributed by atoms with Gasteiger partial charge in [0.15, 0.2) is 8.32 Å². The maximum Gasteiger partial charge on any atom is 0.306 e. The molecule has 0 spiro atoms. The van der Waals surface area contributed by atoms with Gasteiger partial charge in [0.05, 0.1) is 6.54 Å². The lowest BCUT2D eigenvalue weighted by Gasteiger charge is -2.41. The lowest BCUT2D eigenvalue weighted by Crippen LogP contribution is -2.50. The average Bonchev–Trinajstić information content (AvgIpc) is 2.49. The zero-order chi connectivity index (χ0) is 20.5. The molecule has 0 aliphatic heterocycles. The summed E-state index contributed by atoms with van der Waals surface area (Å²) in [7, 11) is -1.65. The molecule has 0 rings (SSSR count). The van der Waals surface area contributed by atoms with Crippen molar-refractivity contribution in [3.63, 3.8) is 0 Å². The van der Waals surface area contributed by atoms with E-state index < -0.39 is 16.6 Å². The third-order valence-corrected chi connectivity index (χ3v) is 14.0. The van der Waals surface area contributed by atoms with Crippen molar-refractivity contribution < 1.29 is 13.6 Å². The van der Waals surface area contributed by atoms with Crippen LogP contribution in [-0.4, -0.2) is 54.2 Å². The number of hydrogen-bond donors (Lipinski definition) is 0. The van der Waals surface area contributed by atoms with Crippen LogP contribution in [-0.2, 0) is 13.6 Å². The van der Waals surface area contributed by atoms with E-state index in [-0.39, 0.29) is 5.97 Å². The van der Waals surface area contributed by atoms with E-state index in [4.69, 9.17) is 8.85 Å². The van der Waals surface area contributed by atoms with E-state index in [1.54, 1.807) is 0 Å². The van der Waals surface area contributed by atoms with Crippen molar-refractivity contribution in [2.45, 2.75) is 97.1 Å². The molecule has 156 valence electrons. The smallest absolute Gasteiger partial charge is 0.306 e. The quantitative estimate of drug-likeness (QED) is 0.372. The summed E-state index contributed by atoms with van der Waals surface area (Å²) in [5, 5.41) is 0. The topological polar surface area (TPSA) is 38.8 Å². The highest BCUT2D eigenvalue weighted by molar-refractivity contribution is 6.78. The van der Waals surface area contributed by atoms with Crippen LogP contribution in [0.3, 0.4) is 0 Å². The monoisotopic (exact) mass is 403 g/mol. The zero-order valence-electron chi connectivity index (χ0n) is 19.1. The highest BCUT2D eigenvalue weighted by Gasteiger charge is 2.48. The lowest BCUT2D eigenvalue weighted by atomic mass is 10.4. The first-order chi connectivity index (χ1) is 11.9. The molecule has 0 heterocycles. The molecule has 0 bridgehead atoms. The molecule has 26 heavy (non-hydrogen) atoms. The molecular formula is C20H45NO3Si2. The number of rotatable bonds is 13. The van der Waals surface area contributed by atoms with E-state index in [1.807, 2.05) is 7.05 Å². The largest absolute Gasteiger partial charge is 0.517 e. The van der Waals surface area contributed by atoms with Gasteiger partial charge in [-0.3, -0.25) is 9.69 Å². The molecule has 0 saturated carbocycles. The molecule has 0 aromatic carbocycles. The fourth-order valence-corrected chi connectivity index (χ4v) is 11.2. The van der Waals surface area contributed by atoms with E-state index in [2.05, 4.69) is 66.5 Å². The van der Waals surface area contributed by atoms with E-state index in [1.165, 1.54) is 0 Å². The van der Waals surface area contributed by atoms with Gasteiger partial charge in [0, 0.05) is 6.61 Å². The minimum atomic E-state index is -2.12. The summed E-state index contributed by atoms with van der Waals surface area (Å²) in [5.41, 5.74) is 1.29. The summed E-state index contributed by atoms with van der Waals surface area (Å²) in [5.74, 6) is -0.0472. The molecule has 0 aliphatic rings. The van der Waals surface area contributed by atoms with Gasteiger partial charge < -0.3 is 8.85 Å². The molecular weight excluding hydrogens is 358 g/mol. The van der Waals surface area contributed by atoms with Crippen molar-refractivity contribution in [3.05, 3.63) is 0 Å². The van der Waals surface area contributed by atoms with Gasteiger partial charge in [0.25, 0.3) is 8.32 Å². The molecule has 6 heteroatoms. The van der Waals surface area contributed by atoms with Gasteiger partial charge in [0.2, 0.25) is 0 Å². The Bertz CT molecular complexity index is 390. The Kier molecular flexibility index (Phi) is 11.5. The van der Waals surface area contributed by atoms with Gasteiger partial charge in [-0.15, -0.1) is 0 Å². The zero-order valence-corrected chi connectivity index (χ0v) is 21.1. The van der Waals surface area contributed by atoms with Gasteiger partial charge in [-0.25, -0.2) is 0 Å². The normalized spacial score (nSPS) is 13.3. The minimum Gasteiger partial charge on any atom is -0.517 e. The Hall–Kier alpha value is -0.176. The Morgan fingerprint density at radius 3 is 1.92 bits per heavy atom. The maximum absolute atomic E-state index is 12.6. The van der Waals surface area contributed by atoms with Crippen LogP contribution >= 0.6 is 0 Å². The minimum absolute atomic E-state index is 0.0472. The van der Waals surface area contributed by atoms with Gasteiger partial charge in [0.1, 0.15) is 0 Å². The highest BCUT2D eigenvalue weighted by atomic mass is 28.4. The van der Waals surface area contributed by atoms with Crippen molar-refractivity contribution in [2.24, 2.45) is 0 Å². The second-order valence-electron chi connectivity index (χ2n) is 9.24. The average molecular weight is 404 g/mol. The van der Waals surface area contributed by atoms with Crippen LogP contribution in [0.25, 0.3) is 0 Å². The van der Waals surface area contributed by atoms with Crippen LogP contribution < -0.4 is 0 Å². The number of carbonyl (C=O) groups excluding carboxylic acids is 1. The molecule has 0 atom stereocenters. The van der Waals surface area contributed by atoms with Gasteiger partial charge in [-0.05, 0) is 62.2 Å². The molecule has 0 aliphatic carbocycles. The van der Waals surface area contributed by atoms with Crippen LogP contribution in [0, 0.1) is 0 Å². The van der Waals surface area contributed by atoms with Gasteiger partial charge in [-0.2, -0.15) is 0 Å². The number of nitrogens with zero attached hydrogens (tertiary/aromatic N) is 1. The van der Waals surface area contributed by atoms with Gasteiger partial charge >= 0.3 is 5.97 Å². The number of likely N-dealkylation sites (N-methyl/N-ethyl adjacent to an activating group) is 1. The fraction of sp³-hybridized carbons (Fsp3) is 0.950. The third kappa shape index (κ3) is 8.23. The van der Waals surface area contributed by atoms with Crippen molar-refractivity contribution in [1.29, 1.82) is 0 Å². The number of carbonyl (C=O) groups is 1. The molecule has 0 aromatic rings. The molecule has 0 unspecified atom stereocenters. The Morgan fingerprint density at radius 2 is 1.50 bits per heavy atom. The molecule has 4 nitrogen and oxygen atoms in total. The van der Waals surface area contributed by atoms with E-state index in [0.717, 1.165) is 32.0 Å². The first-order valence-electron chi connectivity index (χ1n) is 10.4. The summed E-state index contributed by atoms with van der Waals surface area (Å²) in [6.07, 6.45) is 2.16.